The van der Waals surface area contributed by atoms with Gasteiger partial charge in [0.1, 0.15) is 0 Å². The molecule has 1 amide bonds. The lowest BCUT2D eigenvalue weighted by Gasteiger charge is -2.34. The summed E-state index contributed by atoms with van der Waals surface area (Å²) in [5.41, 5.74) is 2.45. The first-order chi connectivity index (χ1) is 11.2. The number of benzene rings is 2. The Morgan fingerprint density at radius 1 is 1.00 bits per heavy atom. The average Bonchev–Trinajstić information content (AvgIpc) is 2.63. The first kappa shape index (κ1) is 15.6. The van der Waals surface area contributed by atoms with Gasteiger partial charge in [-0.3, -0.25) is 4.79 Å². The zero-order valence-electron chi connectivity index (χ0n) is 13.7. The van der Waals surface area contributed by atoms with E-state index in [-0.39, 0.29) is 11.8 Å². The van der Waals surface area contributed by atoms with Crippen LogP contribution in [-0.2, 0) is 11.3 Å². The number of carbonyl (C=O) groups is 1. The average molecular weight is 308 g/mol. The van der Waals surface area contributed by atoms with E-state index in [1.54, 1.807) is 0 Å². The third-order valence-electron chi connectivity index (χ3n) is 4.60. The molecule has 1 heterocycles. The number of carbonyl (C=O) groups excluding carboxylic acids is 1. The Kier molecular flexibility index (Phi) is 4.96. The number of hydrogen-bond acceptors (Lipinski definition) is 2. The maximum absolute atomic E-state index is 12.7. The highest BCUT2D eigenvalue weighted by molar-refractivity contribution is 5.79. The van der Waals surface area contributed by atoms with E-state index in [0.29, 0.717) is 6.54 Å². The van der Waals surface area contributed by atoms with Crippen LogP contribution in [0.5, 0.6) is 0 Å². The maximum atomic E-state index is 12.7. The van der Waals surface area contributed by atoms with Gasteiger partial charge in [-0.25, -0.2) is 0 Å². The number of piperidine rings is 1. The Hall–Kier alpha value is -2.29. The van der Waals surface area contributed by atoms with E-state index in [4.69, 9.17) is 0 Å². The van der Waals surface area contributed by atoms with Gasteiger partial charge in [-0.15, -0.1) is 0 Å². The standard InChI is InChI=1S/C20H24N2O/c1-21(16-17-8-4-2-5-9-17)20(23)18-12-14-22(15-13-18)19-10-6-3-7-11-19/h2-11,18H,12-16H2,1H3. The van der Waals surface area contributed by atoms with Crippen LogP contribution < -0.4 is 4.90 Å². The van der Waals surface area contributed by atoms with Crippen molar-refractivity contribution in [2.75, 3.05) is 25.0 Å². The molecular weight excluding hydrogens is 284 g/mol. The molecule has 0 aliphatic carbocycles. The summed E-state index contributed by atoms with van der Waals surface area (Å²) < 4.78 is 0. The maximum Gasteiger partial charge on any atom is 0.225 e. The van der Waals surface area contributed by atoms with Crippen LogP contribution in [0, 0.1) is 5.92 Å². The van der Waals surface area contributed by atoms with Crippen LogP contribution in [0.2, 0.25) is 0 Å². The van der Waals surface area contributed by atoms with Gasteiger partial charge in [0.15, 0.2) is 0 Å². The van der Waals surface area contributed by atoms with Crippen molar-refractivity contribution < 1.29 is 4.79 Å². The lowest BCUT2D eigenvalue weighted by atomic mass is 9.95. The Bertz CT molecular complexity index is 619. The van der Waals surface area contributed by atoms with Gasteiger partial charge >= 0.3 is 0 Å². The molecule has 3 rings (SSSR count). The van der Waals surface area contributed by atoms with Crippen LogP contribution in [0.15, 0.2) is 60.7 Å². The number of para-hydroxylation sites is 1. The van der Waals surface area contributed by atoms with Crippen LogP contribution in [0.1, 0.15) is 18.4 Å². The van der Waals surface area contributed by atoms with Gasteiger partial charge in [-0.1, -0.05) is 48.5 Å². The van der Waals surface area contributed by atoms with Crippen LogP contribution in [0.3, 0.4) is 0 Å². The fourth-order valence-corrected chi connectivity index (χ4v) is 3.27. The van der Waals surface area contributed by atoms with Crippen LogP contribution in [0.4, 0.5) is 5.69 Å². The molecule has 3 nitrogen and oxygen atoms in total. The minimum absolute atomic E-state index is 0.156. The second-order valence-electron chi connectivity index (χ2n) is 6.28. The summed E-state index contributed by atoms with van der Waals surface area (Å²) in [5.74, 6) is 0.435. The van der Waals surface area contributed by atoms with Gasteiger partial charge in [0.05, 0.1) is 0 Å². The Morgan fingerprint density at radius 2 is 1.57 bits per heavy atom. The van der Waals surface area contributed by atoms with Crippen LogP contribution in [0.25, 0.3) is 0 Å². The molecule has 0 saturated carbocycles. The first-order valence-electron chi connectivity index (χ1n) is 8.33. The summed E-state index contributed by atoms with van der Waals surface area (Å²) in [6.07, 6.45) is 1.87. The lowest BCUT2D eigenvalue weighted by molar-refractivity contribution is -0.135. The number of nitrogens with zero attached hydrogens (tertiary/aromatic N) is 2. The minimum Gasteiger partial charge on any atom is -0.371 e. The zero-order chi connectivity index (χ0) is 16.1. The molecule has 3 heteroatoms. The Labute approximate surface area is 138 Å². The van der Waals surface area contributed by atoms with Gasteiger partial charge in [0.25, 0.3) is 0 Å². The lowest BCUT2D eigenvalue weighted by Crippen LogP contribution is -2.41. The molecule has 0 spiro atoms. The third-order valence-corrected chi connectivity index (χ3v) is 4.60. The molecule has 1 aliphatic heterocycles. The molecule has 1 fully saturated rings. The van der Waals surface area contributed by atoms with Gasteiger partial charge in [0.2, 0.25) is 5.91 Å². The Balaban J connectivity index is 1.54. The summed E-state index contributed by atoms with van der Waals surface area (Å²) in [6.45, 7) is 2.61. The minimum atomic E-state index is 0.156. The monoisotopic (exact) mass is 308 g/mol. The summed E-state index contributed by atoms with van der Waals surface area (Å²) in [4.78, 5) is 16.9. The van der Waals surface area contributed by atoms with Gasteiger partial charge in [-0.2, -0.15) is 0 Å². The quantitative estimate of drug-likeness (QED) is 0.862. The highest BCUT2D eigenvalue weighted by Crippen LogP contribution is 2.24. The zero-order valence-corrected chi connectivity index (χ0v) is 13.7. The normalized spacial score (nSPS) is 15.4. The molecule has 2 aromatic rings. The van der Waals surface area contributed by atoms with Crippen molar-refractivity contribution >= 4 is 11.6 Å². The smallest absolute Gasteiger partial charge is 0.225 e. The molecule has 0 radical (unpaired) electrons. The van der Waals surface area contributed by atoms with Crippen molar-refractivity contribution in [3.8, 4) is 0 Å². The summed E-state index contributed by atoms with van der Waals surface area (Å²) in [6, 6.07) is 20.7. The number of amides is 1. The molecule has 1 aliphatic rings. The second kappa shape index (κ2) is 7.32. The van der Waals surface area contributed by atoms with Gasteiger partial charge < -0.3 is 9.80 Å². The Morgan fingerprint density at radius 3 is 2.17 bits per heavy atom. The van der Waals surface area contributed by atoms with Gasteiger partial charge in [-0.05, 0) is 30.5 Å². The fourth-order valence-electron chi connectivity index (χ4n) is 3.27. The molecular formula is C20H24N2O. The van der Waals surface area contributed by atoms with Crippen LogP contribution >= 0.6 is 0 Å². The molecule has 2 aromatic carbocycles. The van der Waals surface area contributed by atoms with Crippen molar-refractivity contribution in [3.63, 3.8) is 0 Å². The topological polar surface area (TPSA) is 23.6 Å². The predicted molar refractivity (Wildman–Crippen MR) is 94.3 cm³/mol. The largest absolute Gasteiger partial charge is 0.371 e. The first-order valence-corrected chi connectivity index (χ1v) is 8.33. The molecule has 0 atom stereocenters. The summed E-state index contributed by atoms with van der Waals surface area (Å²) in [5, 5.41) is 0. The molecule has 23 heavy (non-hydrogen) atoms. The number of hydrogen-bond donors (Lipinski definition) is 0. The number of rotatable bonds is 4. The molecule has 0 bridgehead atoms. The predicted octanol–water partition coefficient (Wildman–Crippen LogP) is 3.56. The third kappa shape index (κ3) is 3.92. The molecule has 0 unspecified atom stereocenters. The molecule has 0 aromatic heterocycles. The highest BCUT2D eigenvalue weighted by Gasteiger charge is 2.27. The second-order valence-corrected chi connectivity index (χ2v) is 6.28. The summed E-state index contributed by atoms with van der Waals surface area (Å²) in [7, 11) is 1.92. The van der Waals surface area contributed by atoms with Crippen molar-refractivity contribution in [2.45, 2.75) is 19.4 Å². The van der Waals surface area contributed by atoms with E-state index in [2.05, 4.69) is 41.3 Å². The summed E-state index contributed by atoms with van der Waals surface area (Å²) >= 11 is 0. The van der Waals surface area contributed by atoms with Crippen molar-refractivity contribution in [3.05, 3.63) is 66.2 Å². The van der Waals surface area contributed by atoms with E-state index in [1.165, 1.54) is 11.3 Å². The molecule has 0 N–H and O–H groups in total. The molecule has 120 valence electrons. The van der Waals surface area contributed by atoms with E-state index >= 15 is 0 Å². The van der Waals surface area contributed by atoms with Crippen LogP contribution in [-0.4, -0.2) is 30.9 Å². The highest BCUT2D eigenvalue weighted by atomic mass is 16.2. The fraction of sp³-hybridized carbons (Fsp3) is 0.350. The SMILES string of the molecule is CN(Cc1ccccc1)C(=O)C1CCN(c2ccccc2)CC1. The number of anilines is 1. The van der Waals surface area contributed by atoms with Crippen molar-refractivity contribution in [1.82, 2.24) is 4.90 Å². The van der Waals surface area contributed by atoms with E-state index in [9.17, 15) is 4.79 Å². The van der Waals surface area contributed by atoms with Gasteiger partial charge in [0, 0.05) is 38.3 Å². The van der Waals surface area contributed by atoms with E-state index in [1.807, 2.05) is 36.2 Å². The van der Waals surface area contributed by atoms with Crippen molar-refractivity contribution in [1.29, 1.82) is 0 Å². The van der Waals surface area contributed by atoms with E-state index in [0.717, 1.165) is 25.9 Å². The van der Waals surface area contributed by atoms with E-state index < -0.39 is 0 Å². The van der Waals surface area contributed by atoms with Crippen molar-refractivity contribution in [2.24, 2.45) is 5.92 Å². The molecule has 1 saturated heterocycles.